The first-order valence-corrected chi connectivity index (χ1v) is 5.19. The van der Waals surface area contributed by atoms with Crippen molar-refractivity contribution in [1.82, 2.24) is 0 Å². The number of hydrogen-bond donors (Lipinski definition) is 1. The highest BCUT2D eigenvalue weighted by Gasteiger charge is 2.39. The van der Waals surface area contributed by atoms with Gasteiger partial charge in [-0.15, -0.1) is 0 Å². The lowest BCUT2D eigenvalue weighted by Gasteiger charge is -2.13. The van der Waals surface area contributed by atoms with E-state index in [2.05, 4.69) is 0 Å². The van der Waals surface area contributed by atoms with Crippen LogP contribution < -0.4 is 0 Å². The van der Waals surface area contributed by atoms with E-state index in [1.54, 1.807) is 0 Å². The molecule has 0 amide bonds. The molecule has 0 aliphatic heterocycles. The number of aliphatic hydroxyl groups is 1. The summed E-state index contributed by atoms with van der Waals surface area (Å²) in [6, 6.07) is 0. The summed E-state index contributed by atoms with van der Waals surface area (Å²) in [5.74, 6) is 0.526. The zero-order chi connectivity index (χ0) is 10.1. The molecule has 2 aliphatic carbocycles. The van der Waals surface area contributed by atoms with Gasteiger partial charge in [0.2, 0.25) is 0 Å². The Hall–Kier alpha value is -0.830. The summed E-state index contributed by atoms with van der Waals surface area (Å²) in [4.78, 5) is 11.5. The van der Waals surface area contributed by atoms with Crippen molar-refractivity contribution >= 4 is 5.97 Å². The van der Waals surface area contributed by atoms with Gasteiger partial charge in [0.25, 0.3) is 0 Å². The van der Waals surface area contributed by atoms with Crippen LogP contribution in [0.5, 0.6) is 0 Å². The lowest BCUT2D eigenvalue weighted by molar-refractivity contribution is -0.136. The molecule has 0 aromatic heterocycles. The average Bonchev–Trinajstić information content (AvgIpc) is 2.76. The minimum Gasteiger partial charge on any atom is -0.466 e. The van der Waals surface area contributed by atoms with Crippen molar-refractivity contribution in [3.05, 3.63) is 11.1 Å². The minimum atomic E-state index is -0.192. The highest BCUT2D eigenvalue weighted by atomic mass is 16.5. The fraction of sp³-hybridized carbons (Fsp3) is 0.727. The van der Waals surface area contributed by atoms with Crippen LogP contribution in [0.1, 0.15) is 25.7 Å². The molecule has 1 fully saturated rings. The lowest BCUT2D eigenvalue weighted by atomic mass is 9.93. The molecule has 1 saturated carbocycles. The number of carbonyl (C=O) groups is 1. The lowest BCUT2D eigenvalue weighted by Crippen LogP contribution is -2.12. The van der Waals surface area contributed by atoms with Crippen LogP contribution in [0.15, 0.2) is 11.1 Å². The van der Waals surface area contributed by atoms with Gasteiger partial charge in [-0.3, -0.25) is 0 Å². The number of hydrogen-bond acceptors (Lipinski definition) is 3. The predicted octanol–water partition coefficient (Wildman–Crippen LogP) is 1.27. The van der Waals surface area contributed by atoms with Crippen molar-refractivity contribution < 1.29 is 14.6 Å². The summed E-state index contributed by atoms with van der Waals surface area (Å²) in [7, 11) is 1.42. The summed E-state index contributed by atoms with van der Waals surface area (Å²) < 4.78 is 4.76. The van der Waals surface area contributed by atoms with Crippen LogP contribution in [-0.4, -0.2) is 24.8 Å². The molecule has 2 rings (SSSR count). The second-order valence-electron chi connectivity index (χ2n) is 4.14. The van der Waals surface area contributed by atoms with Gasteiger partial charge in [0, 0.05) is 12.2 Å². The summed E-state index contributed by atoms with van der Waals surface area (Å²) in [5, 5.41) is 9.21. The molecule has 0 aromatic carbocycles. The number of allylic oxidation sites excluding steroid dienone is 1. The Bertz CT molecular complexity index is 280. The van der Waals surface area contributed by atoms with Crippen molar-refractivity contribution in [2.75, 3.05) is 13.7 Å². The van der Waals surface area contributed by atoms with Crippen LogP contribution >= 0.6 is 0 Å². The number of rotatable bonds is 2. The first-order chi connectivity index (χ1) is 6.77. The third-order valence-electron chi connectivity index (χ3n) is 3.50. The first kappa shape index (κ1) is 9.71. The van der Waals surface area contributed by atoms with Gasteiger partial charge in [0.15, 0.2) is 0 Å². The van der Waals surface area contributed by atoms with E-state index in [0.717, 1.165) is 24.8 Å². The van der Waals surface area contributed by atoms with Gasteiger partial charge in [-0.1, -0.05) is 5.57 Å². The van der Waals surface area contributed by atoms with Gasteiger partial charge >= 0.3 is 5.97 Å². The standard InChI is InChI=1S/C11H16O3/c1-14-11(13)10-5-7(6-12)8-3-2-4-9(8)10/h7-8,12H,2-6H2,1H3/t7-,8-/m0/s1. The Kier molecular flexibility index (Phi) is 2.59. The summed E-state index contributed by atoms with van der Waals surface area (Å²) in [6.45, 7) is 0.189. The maximum absolute atomic E-state index is 11.5. The number of carbonyl (C=O) groups excluding carboxylic acids is 1. The Balaban J connectivity index is 2.23. The molecule has 0 aromatic rings. The molecule has 0 radical (unpaired) electrons. The fourth-order valence-corrected chi connectivity index (χ4v) is 2.83. The van der Waals surface area contributed by atoms with E-state index in [9.17, 15) is 9.90 Å². The quantitative estimate of drug-likeness (QED) is 0.676. The van der Waals surface area contributed by atoms with Gasteiger partial charge in [-0.25, -0.2) is 4.79 Å². The summed E-state index contributed by atoms with van der Waals surface area (Å²) >= 11 is 0. The number of fused-ring (bicyclic) bond motifs is 1. The highest BCUT2D eigenvalue weighted by molar-refractivity contribution is 5.90. The van der Waals surface area contributed by atoms with E-state index in [-0.39, 0.29) is 18.5 Å². The van der Waals surface area contributed by atoms with Gasteiger partial charge in [0.1, 0.15) is 0 Å². The normalized spacial score (nSPS) is 30.7. The van der Waals surface area contributed by atoms with Crippen LogP contribution in [0, 0.1) is 11.8 Å². The molecule has 2 atom stereocenters. The topological polar surface area (TPSA) is 46.5 Å². The Morgan fingerprint density at radius 3 is 3.07 bits per heavy atom. The Morgan fingerprint density at radius 1 is 1.64 bits per heavy atom. The monoisotopic (exact) mass is 196 g/mol. The van der Waals surface area contributed by atoms with Gasteiger partial charge < -0.3 is 9.84 Å². The SMILES string of the molecule is COC(=O)C1=C2CCC[C@H]2[C@H](CO)C1. The number of methoxy groups -OCH3 is 1. The molecular weight excluding hydrogens is 180 g/mol. The van der Waals surface area contributed by atoms with Gasteiger partial charge in [0.05, 0.1) is 7.11 Å². The predicted molar refractivity (Wildman–Crippen MR) is 51.6 cm³/mol. The second-order valence-corrected chi connectivity index (χ2v) is 4.14. The highest BCUT2D eigenvalue weighted by Crippen LogP contribution is 2.47. The summed E-state index contributed by atoms with van der Waals surface area (Å²) in [5.41, 5.74) is 2.10. The van der Waals surface area contributed by atoms with E-state index < -0.39 is 0 Å². The Morgan fingerprint density at radius 2 is 2.43 bits per heavy atom. The molecule has 0 heterocycles. The number of ether oxygens (including phenoxy) is 1. The van der Waals surface area contributed by atoms with Crippen molar-refractivity contribution in [3.63, 3.8) is 0 Å². The van der Waals surface area contributed by atoms with Gasteiger partial charge in [-0.2, -0.15) is 0 Å². The molecule has 0 spiro atoms. The molecule has 0 saturated heterocycles. The van der Waals surface area contributed by atoms with E-state index in [0.29, 0.717) is 12.3 Å². The van der Waals surface area contributed by atoms with E-state index in [1.165, 1.54) is 12.7 Å². The number of aliphatic hydroxyl groups excluding tert-OH is 1. The molecule has 0 bridgehead atoms. The van der Waals surface area contributed by atoms with Crippen LogP contribution in [0.25, 0.3) is 0 Å². The van der Waals surface area contributed by atoms with Crippen molar-refractivity contribution in [2.24, 2.45) is 11.8 Å². The third-order valence-corrected chi connectivity index (χ3v) is 3.50. The molecule has 1 N–H and O–H groups in total. The van der Waals surface area contributed by atoms with Crippen LogP contribution in [0.3, 0.4) is 0 Å². The summed E-state index contributed by atoms with van der Waals surface area (Å²) in [6.07, 6.45) is 4.01. The minimum absolute atomic E-state index is 0.189. The first-order valence-electron chi connectivity index (χ1n) is 5.19. The Labute approximate surface area is 83.8 Å². The van der Waals surface area contributed by atoms with Crippen LogP contribution in [0.4, 0.5) is 0 Å². The smallest absolute Gasteiger partial charge is 0.333 e. The zero-order valence-electron chi connectivity index (χ0n) is 8.45. The number of esters is 1. The third kappa shape index (κ3) is 1.36. The van der Waals surface area contributed by atoms with E-state index >= 15 is 0 Å². The molecular formula is C11H16O3. The van der Waals surface area contributed by atoms with Crippen molar-refractivity contribution in [1.29, 1.82) is 0 Å². The van der Waals surface area contributed by atoms with E-state index in [1.807, 2.05) is 0 Å². The maximum atomic E-state index is 11.5. The molecule has 0 unspecified atom stereocenters. The molecule has 2 aliphatic rings. The zero-order valence-corrected chi connectivity index (χ0v) is 8.45. The fourth-order valence-electron chi connectivity index (χ4n) is 2.83. The second kappa shape index (κ2) is 3.73. The van der Waals surface area contributed by atoms with Gasteiger partial charge in [-0.05, 0) is 37.5 Å². The van der Waals surface area contributed by atoms with Crippen molar-refractivity contribution in [3.8, 4) is 0 Å². The van der Waals surface area contributed by atoms with Crippen LogP contribution in [-0.2, 0) is 9.53 Å². The van der Waals surface area contributed by atoms with Crippen molar-refractivity contribution in [2.45, 2.75) is 25.7 Å². The van der Waals surface area contributed by atoms with E-state index in [4.69, 9.17) is 4.74 Å². The maximum Gasteiger partial charge on any atom is 0.333 e. The molecule has 14 heavy (non-hydrogen) atoms. The van der Waals surface area contributed by atoms with Crippen LogP contribution in [0.2, 0.25) is 0 Å². The largest absolute Gasteiger partial charge is 0.466 e. The average molecular weight is 196 g/mol. The molecule has 3 nitrogen and oxygen atoms in total. The molecule has 3 heteroatoms. The molecule has 78 valence electrons.